The molecule has 0 unspecified atom stereocenters. The fraction of sp³-hybridized carbons (Fsp3) is 0. The summed E-state index contributed by atoms with van der Waals surface area (Å²) in [7, 11) is 0. The molecule has 49 heavy (non-hydrogen) atoms. The Labute approximate surface area is 289 Å². The van der Waals surface area contributed by atoms with Crippen LogP contribution in [0.3, 0.4) is 0 Å². The van der Waals surface area contributed by atoms with Gasteiger partial charge in [0, 0.05) is 26.6 Å². The van der Waals surface area contributed by atoms with Gasteiger partial charge in [0.2, 0.25) is 0 Å². The monoisotopic (exact) mass is 642 g/mol. The fourth-order valence-corrected chi connectivity index (χ4v) is 7.72. The molecule has 0 radical (unpaired) electrons. The number of rotatable bonds is 6. The summed E-state index contributed by atoms with van der Waals surface area (Å²) in [5.41, 5.74) is 12.5. The van der Waals surface area contributed by atoms with Crippen molar-refractivity contribution in [2.45, 2.75) is 0 Å². The molecular formula is C46H30N2S. The first-order chi connectivity index (χ1) is 24.3. The number of aromatic nitrogens is 2. The van der Waals surface area contributed by atoms with Gasteiger partial charge in [0.15, 0.2) is 5.82 Å². The molecule has 0 aliphatic rings. The molecule has 9 rings (SSSR count). The number of nitrogens with zero attached hydrogens (tertiary/aromatic N) is 2. The Kier molecular flexibility index (Phi) is 7.38. The second-order valence-electron chi connectivity index (χ2n) is 12.2. The second kappa shape index (κ2) is 12.5. The Morgan fingerprint density at radius 3 is 1.41 bits per heavy atom. The van der Waals surface area contributed by atoms with E-state index in [2.05, 4.69) is 182 Å². The van der Waals surface area contributed by atoms with Gasteiger partial charge in [-0.25, -0.2) is 9.97 Å². The third-order valence-corrected chi connectivity index (χ3v) is 10.2. The van der Waals surface area contributed by atoms with Gasteiger partial charge in [-0.1, -0.05) is 158 Å². The van der Waals surface area contributed by atoms with E-state index in [-0.39, 0.29) is 0 Å². The van der Waals surface area contributed by atoms with Gasteiger partial charge >= 0.3 is 0 Å². The van der Waals surface area contributed by atoms with Gasteiger partial charge in [-0.2, -0.15) is 0 Å². The minimum Gasteiger partial charge on any atom is -0.227 e. The maximum Gasteiger partial charge on any atom is 0.161 e. The van der Waals surface area contributed by atoms with Gasteiger partial charge in [-0.05, 0) is 68.8 Å². The van der Waals surface area contributed by atoms with E-state index in [1.165, 1.54) is 43.5 Å². The van der Waals surface area contributed by atoms with Crippen molar-refractivity contribution in [3.63, 3.8) is 0 Å². The van der Waals surface area contributed by atoms with E-state index in [0.717, 1.165) is 44.0 Å². The average molecular weight is 643 g/mol. The Morgan fingerprint density at radius 1 is 0.327 bits per heavy atom. The highest BCUT2D eigenvalue weighted by molar-refractivity contribution is 7.25. The number of benzene rings is 7. The van der Waals surface area contributed by atoms with Gasteiger partial charge in [0.1, 0.15) is 4.83 Å². The van der Waals surface area contributed by atoms with E-state index in [1.807, 2.05) is 0 Å². The van der Waals surface area contributed by atoms with Crippen molar-refractivity contribution in [1.82, 2.24) is 9.97 Å². The maximum absolute atomic E-state index is 5.33. The standard InChI is InChI=1S/C46H30N2S/c1-3-12-31(13-4-1)33-24-26-34(27-25-33)35-16-9-18-37(28-35)38-19-11-21-40(30-38)45-47-44(43-41-22-7-8-23-42(41)49-46(43)48-45)39-20-10-17-36(29-39)32-14-5-2-6-15-32/h1-30H. The summed E-state index contributed by atoms with van der Waals surface area (Å²) in [5.74, 6) is 0.730. The Hall–Kier alpha value is -6.16. The van der Waals surface area contributed by atoms with Crippen LogP contribution in [0, 0.1) is 0 Å². The summed E-state index contributed by atoms with van der Waals surface area (Å²) >= 11 is 1.73. The minimum absolute atomic E-state index is 0.730. The molecule has 0 fully saturated rings. The lowest BCUT2D eigenvalue weighted by Gasteiger charge is -2.11. The number of thiophene rings is 1. The first kappa shape index (κ1) is 29.0. The quantitative estimate of drug-likeness (QED) is 0.180. The molecule has 0 spiro atoms. The van der Waals surface area contributed by atoms with Gasteiger partial charge in [0.25, 0.3) is 0 Å². The highest BCUT2D eigenvalue weighted by Crippen LogP contribution is 2.40. The minimum atomic E-state index is 0.730. The summed E-state index contributed by atoms with van der Waals surface area (Å²) in [4.78, 5) is 11.5. The zero-order chi connectivity index (χ0) is 32.6. The molecule has 0 atom stereocenters. The molecule has 0 aliphatic heterocycles. The zero-order valence-electron chi connectivity index (χ0n) is 26.6. The van der Waals surface area contributed by atoms with Crippen LogP contribution in [-0.4, -0.2) is 9.97 Å². The summed E-state index contributed by atoms with van der Waals surface area (Å²) in [6.45, 7) is 0. The smallest absolute Gasteiger partial charge is 0.161 e. The van der Waals surface area contributed by atoms with Crippen molar-refractivity contribution in [2.75, 3.05) is 0 Å². The van der Waals surface area contributed by atoms with Crippen LogP contribution >= 0.6 is 11.3 Å². The molecule has 230 valence electrons. The lowest BCUT2D eigenvalue weighted by molar-refractivity contribution is 1.24. The van der Waals surface area contributed by atoms with Gasteiger partial charge in [-0.3, -0.25) is 0 Å². The third kappa shape index (κ3) is 5.61. The van der Waals surface area contributed by atoms with E-state index >= 15 is 0 Å². The molecule has 7 aromatic carbocycles. The van der Waals surface area contributed by atoms with Crippen molar-refractivity contribution in [1.29, 1.82) is 0 Å². The predicted molar refractivity (Wildman–Crippen MR) is 208 cm³/mol. The van der Waals surface area contributed by atoms with Crippen LogP contribution in [0.5, 0.6) is 0 Å². The van der Waals surface area contributed by atoms with Crippen LogP contribution in [-0.2, 0) is 0 Å². The number of fused-ring (bicyclic) bond motifs is 3. The molecule has 2 heterocycles. The Bertz CT molecular complexity index is 2590. The largest absolute Gasteiger partial charge is 0.227 e. The maximum atomic E-state index is 5.33. The normalized spacial score (nSPS) is 11.3. The van der Waals surface area contributed by atoms with Gasteiger partial charge in [0.05, 0.1) is 5.69 Å². The highest BCUT2D eigenvalue weighted by atomic mass is 32.1. The van der Waals surface area contributed by atoms with Crippen molar-refractivity contribution < 1.29 is 0 Å². The molecule has 0 saturated heterocycles. The van der Waals surface area contributed by atoms with Gasteiger partial charge < -0.3 is 0 Å². The second-order valence-corrected chi connectivity index (χ2v) is 13.3. The molecule has 0 N–H and O–H groups in total. The topological polar surface area (TPSA) is 25.8 Å². The van der Waals surface area contributed by atoms with Crippen molar-refractivity contribution in [2.24, 2.45) is 0 Å². The fourth-order valence-electron chi connectivity index (χ4n) is 6.64. The van der Waals surface area contributed by atoms with E-state index < -0.39 is 0 Å². The van der Waals surface area contributed by atoms with Crippen molar-refractivity contribution >= 4 is 31.6 Å². The molecular weight excluding hydrogens is 613 g/mol. The summed E-state index contributed by atoms with van der Waals surface area (Å²) in [6, 6.07) is 64.5. The first-order valence-corrected chi connectivity index (χ1v) is 17.3. The highest BCUT2D eigenvalue weighted by Gasteiger charge is 2.17. The molecule has 0 saturated carbocycles. The summed E-state index contributed by atoms with van der Waals surface area (Å²) in [6.07, 6.45) is 0. The molecule has 2 nitrogen and oxygen atoms in total. The first-order valence-electron chi connectivity index (χ1n) is 16.5. The van der Waals surface area contributed by atoms with Crippen LogP contribution in [0.1, 0.15) is 0 Å². The van der Waals surface area contributed by atoms with Crippen molar-refractivity contribution in [3.8, 4) is 67.2 Å². The summed E-state index contributed by atoms with van der Waals surface area (Å²) in [5, 5.41) is 2.30. The molecule has 0 aliphatic carbocycles. The Morgan fingerprint density at radius 2 is 0.755 bits per heavy atom. The number of hydrogen-bond acceptors (Lipinski definition) is 3. The predicted octanol–water partition coefficient (Wildman–Crippen LogP) is 12.8. The third-order valence-electron chi connectivity index (χ3n) is 9.12. The SMILES string of the molecule is c1ccc(-c2ccc(-c3cccc(-c4cccc(-c5nc(-c6cccc(-c7ccccc7)c6)c6c(n5)sc5ccccc56)c4)c3)cc2)cc1. The van der Waals surface area contributed by atoms with Crippen LogP contribution in [0.2, 0.25) is 0 Å². The molecule has 2 aromatic heterocycles. The molecule has 0 amide bonds. The van der Waals surface area contributed by atoms with Crippen LogP contribution in [0.4, 0.5) is 0 Å². The van der Waals surface area contributed by atoms with E-state index in [0.29, 0.717) is 0 Å². The molecule has 9 aromatic rings. The Balaban J connectivity index is 1.12. The molecule has 0 bridgehead atoms. The van der Waals surface area contributed by atoms with Crippen LogP contribution < -0.4 is 0 Å². The lowest BCUT2D eigenvalue weighted by Crippen LogP contribution is -1.94. The average Bonchev–Trinajstić information content (AvgIpc) is 3.57. The number of hydrogen-bond donors (Lipinski definition) is 0. The van der Waals surface area contributed by atoms with E-state index in [9.17, 15) is 0 Å². The van der Waals surface area contributed by atoms with Crippen LogP contribution in [0.15, 0.2) is 182 Å². The van der Waals surface area contributed by atoms with E-state index in [4.69, 9.17) is 9.97 Å². The van der Waals surface area contributed by atoms with Crippen molar-refractivity contribution in [3.05, 3.63) is 182 Å². The lowest BCUT2D eigenvalue weighted by atomic mass is 9.96. The van der Waals surface area contributed by atoms with Gasteiger partial charge in [-0.15, -0.1) is 11.3 Å². The zero-order valence-corrected chi connectivity index (χ0v) is 27.4. The van der Waals surface area contributed by atoms with Crippen LogP contribution in [0.25, 0.3) is 87.5 Å². The summed E-state index contributed by atoms with van der Waals surface area (Å²) < 4.78 is 1.21. The van der Waals surface area contributed by atoms with E-state index in [1.54, 1.807) is 11.3 Å². The molecule has 3 heteroatoms.